The van der Waals surface area contributed by atoms with Gasteiger partial charge in [0.2, 0.25) is 5.91 Å². The van der Waals surface area contributed by atoms with Crippen LogP contribution in [0.5, 0.6) is 0 Å². The second-order valence-electron chi connectivity index (χ2n) is 6.04. The van der Waals surface area contributed by atoms with E-state index < -0.39 is 0 Å². The zero-order valence-electron chi connectivity index (χ0n) is 10.1. The summed E-state index contributed by atoms with van der Waals surface area (Å²) in [4.78, 5) is 14.2. The van der Waals surface area contributed by atoms with E-state index in [0.29, 0.717) is 5.91 Å². The molecule has 1 aliphatic heterocycles. The van der Waals surface area contributed by atoms with Crippen LogP contribution in [0.4, 0.5) is 0 Å². The summed E-state index contributed by atoms with van der Waals surface area (Å²) in [6.45, 7) is 8.93. The number of hydrogen-bond donors (Lipinski definition) is 1. The lowest BCUT2D eigenvalue weighted by molar-refractivity contribution is -0.139. The summed E-state index contributed by atoms with van der Waals surface area (Å²) < 4.78 is 0. The van der Waals surface area contributed by atoms with Crippen molar-refractivity contribution >= 4 is 5.91 Å². The number of hydrogen-bond acceptors (Lipinski definition) is 2. The quantitative estimate of drug-likeness (QED) is 0.655. The molecular formula is C12H22N2O. The summed E-state index contributed by atoms with van der Waals surface area (Å²) in [7, 11) is 0. The molecule has 0 radical (unpaired) electrons. The van der Waals surface area contributed by atoms with Crippen LogP contribution < -0.4 is 5.32 Å². The fourth-order valence-corrected chi connectivity index (χ4v) is 2.26. The van der Waals surface area contributed by atoms with E-state index in [1.54, 1.807) is 0 Å². The van der Waals surface area contributed by atoms with Crippen molar-refractivity contribution < 1.29 is 4.79 Å². The predicted octanol–water partition coefficient (Wildman–Crippen LogP) is 1.39. The molecule has 1 heterocycles. The minimum atomic E-state index is -0.236. The smallest absolute Gasteiger partial charge is 0.228 e. The first-order valence-electron chi connectivity index (χ1n) is 5.97. The van der Waals surface area contributed by atoms with Crippen LogP contribution in [0.3, 0.4) is 0 Å². The molecule has 2 fully saturated rings. The van der Waals surface area contributed by atoms with Crippen LogP contribution in [0.25, 0.3) is 0 Å². The highest BCUT2D eigenvalue weighted by molar-refractivity contribution is 5.81. The van der Waals surface area contributed by atoms with Crippen LogP contribution in [-0.4, -0.2) is 36.0 Å². The van der Waals surface area contributed by atoms with Crippen molar-refractivity contribution in [1.29, 1.82) is 0 Å². The Bertz CT molecular complexity index is 263. The number of amides is 1. The van der Waals surface area contributed by atoms with Crippen molar-refractivity contribution in [2.45, 2.75) is 45.6 Å². The van der Waals surface area contributed by atoms with Gasteiger partial charge in [0.15, 0.2) is 0 Å². The van der Waals surface area contributed by atoms with Gasteiger partial charge in [-0.05, 0) is 25.8 Å². The first kappa shape index (κ1) is 10.9. The molecule has 86 valence electrons. The van der Waals surface area contributed by atoms with E-state index in [0.717, 1.165) is 26.1 Å². The lowest BCUT2D eigenvalue weighted by Gasteiger charge is -2.30. The largest absolute Gasteiger partial charge is 0.340 e. The Morgan fingerprint density at radius 1 is 1.33 bits per heavy atom. The average Bonchev–Trinajstić information content (AvgIpc) is 2.92. The third-order valence-corrected chi connectivity index (χ3v) is 3.38. The zero-order valence-corrected chi connectivity index (χ0v) is 10.1. The van der Waals surface area contributed by atoms with Gasteiger partial charge < -0.3 is 10.2 Å². The van der Waals surface area contributed by atoms with Crippen molar-refractivity contribution in [3.63, 3.8) is 0 Å². The molecule has 1 aliphatic carbocycles. The summed E-state index contributed by atoms with van der Waals surface area (Å²) in [5.74, 6) is 0.303. The van der Waals surface area contributed by atoms with Gasteiger partial charge in [-0.25, -0.2) is 0 Å². The number of nitrogens with zero attached hydrogens (tertiary/aromatic N) is 1. The molecule has 2 aliphatic rings. The van der Waals surface area contributed by atoms with E-state index in [-0.39, 0.29) is 11.0 Å². The highest BCUT2D eigenvalue weighted by Crippen LogP contribution is 2.37. The average molecular weight is 210 g/mol. The Morgan fingerprint density at radius 3 is 2.53 bits per heavy atom. The lowest BCUT2D eigenvalue weighted by atomic mass is 9.94. The molecule has 15 heavy (non-hydrogen) atoms. The molecule has 3 heteroatoms. The van der Waals surface area contributed by atoms with Gasteiger partial charge in [-0.15, -0.1) is 0 Å². The van der Waals surface area contributed by atoms with Gasteiger partial charge in [0.1, 0.15) is 0 Å². The van der Waals surface area contributed by atoms with E-state index in [9.17, 15) is 4.79 Å². The minimum absolute atomic E-state index is 0.236. The molecule has 2 rings (SSSR count). The Morgan fingerprint density at radius 2 is 2.00 bits per heavy atom. The summed E-state index contributed by atoms with van der Waals surface area (Å²) in [5, 5.41) is 3.57. The highest BCUT2D eigenvalue weighted by atomic mass is 16.2. The topological polar surface area (TPSA) is 32.3 Å². The van der Waals surface area contributed by atoms with Gasteiger partial charge in [0.25, 0.3) is 0 Å². The van der Waals surface area contributed by atoms with Crippen molar-refractivity contribution in [3.05, 3.63) is 0 Å². The standard InChI is InChI=1S/C12H22N2O/c1-11(2,3)10(15)14-8-4-7-13-12(9-14)5-6-12/h13H,4-9H2,1-3H3. The van der Waals surface area contributed by atoms with Crippen LogP contribution in [0.2, 0.25) is 0 Å². The molecule has 1 amide bonds. The van der Waals surface area contributed by atoms with Crippen LogP contribution in [0, 0.1) is 5.41 Å². The third kappa shape index (κ3) is 2.33. The maximum absolute atomic E-state index is 12.2. The number of rotatable bonds is 0. The summed E-state index contributed by atoms with van der Waals surface area (Å²) in [6.07, 6.45) is 3.56. The first-order valence-corrected chi connectivity index (χ1v) is 5.97. The summed E-state index contributed by atoms with van der Waals surface area (Å²) >= 11 is 0. The highest BCUT2D eigenvalue weighted by Gasteiger charge is 2.46. The molecule has 1 spiro atoms. The molecule has 0 aromatic heterocycles. The molecule has 0 bridgehead atoms. The normalized spacial score (nSPS) is 25.1. The Hall–Kier alpha value is -0.570. The van der Waals surface area contributed by atoms with Gasteiger partial charge in [-0.1, -0.05) is 20.8 Å². The number of carbonyl (C=O) groups is 1. The van der Waals surface area contributed by atoms with Crippen molar-refractivity contribution in [3.8, 4) is 0 Å². The van der Waals surface area contributed by atoms with Crippen LogP contribution >= 0.6 is 0 Å². The van der Waals surface area contributed by atoms with Crippen molar-refractivity contribution in [2.24, 2.45) is 5.41 Å². The van der Waals surface area contributed by atoms with Gasteiger partial charge in [0.05, 0.1) is 0 Å². The zero-order chi connectivity index (χ0) is 11.1. The second kappa shape index (κ2) is 3.48. The maximum Gasteiger partial charge on any atom is 0.228 e. The molecule has 0 atom stereocenters. The fraction of sp³-hybridized carbons (Fsp3) is 0.917. The van der Waals surface area contributed by atoms with E-state index in [4.69, 9.17) is 0 Å². The van der Waals surface area contributed by atoms with E-state index in [1.165, 1.54) is 12.8 Å². The molecule has 0 aromatic rings. The third-order valence-electron chi connectivity index (χ3n) is 3.38. The van der Waals surface area contributed by atoms with Crippen molar-refractivity contribution in [1.82, 2.24) is 10.2 Å². The molecule has 1 saturated carbocycles. The maximum atomic E-state index is 12.2. The fourth-order valence-electron chi connectivity index (χ4n) is 2.26. The first-order chi connectivity index (χ1) is 6.93. The predicted molar refractivity (Wildman–Crippen MR) is 60.6 cm³/mol. The summed E-state index contributed by atoms with van der Waals surface area (Å²) in [5.41, 5.74) is 0.0534. The Balaban J connectivity index is 2.05. The number of carbonyl (C=O) groups excluding carboxylic acids is 1. The van der Waals surface area contributed by atoms with Crippen LogP contribution in [-0.2, 0) is 4.79 Å². The van der Waals surface area contributed by atoms with E-state index >= 15 is 0 Å². The van der Waals surface area contributed by atoms with Gasteiger partial charge >= 0.3 is 0 Å². The second-order valence-corrected chi connectivity index (χ2v) is 6.04. The van der Waals surface area contributed by atoms with Crippen LogP contribution in [0.15, 0.2) is 0 Å². The Kier molecular flexibility index (Phi) is 2.53. The molecule has 1 N–H and O–H groups in total. The molecular weight excluding hydrogens is 188 g/mol. The minimum Gasteiger partial charge on any atom is -0.340 e. The molecule has 3 nitrogen and oxygen atoms in total. The summed E-state index contributed by atoms with van der Waals surface area (Å²) in [6, 6.07) is 0. The van der Waals surface area contributed by atoms with Crippen LogP contribution in [0.1, 0.15) is 40.0 Å². The molecule has 0 aromatic carbocycles. The number of nitrogens with one attached hydrogen (secondary N) is 1. The SMILES string of the molecule is CC(C)(C)C(=O)N1CCCNC2(CC2)C1. The van der Waals surface area contributed by atoms with E-state index in [1.807, 2.05) is 20.8 Å². The Labute approximate surface area is 92.2 Å². The monoisotopic (exact) mass is 210 g/mol. The molecule has 1 saturated heterocycles. The van der Waals surface area contributed by atoms with Gasteiger partial charge in [-0.3, -0.25) is 4.79 Å². The van der Waals surface area contributed by atoms with Crippen molar-refractivity contribution in [2.75, 3.05) is 19.6 Å². The van der Waals surface area contributed by atoms with E-state index in [2.05, 4.69) is 10.2 Å². The molecule has 0 unspecified atom stereocenters. The lowest BCUT2D eigenvalue weighted by Crippen LogP contribution is -2.46. The van der Waals surface area contributed by atoms with Gasteiger partial charge in [0, 0.05) is 24.0 Å². The van der Waals surface area contributed by atoms with Gasteiger partial charge in [-0.2, -0.15) is 0 Å².